The number of carbonyl (C=O) groups is 2. The second-order valence-corrected chi connectivity index (χ2v) is 11.5. The van der Waals surface area contributed by atoms with E-state index in [0.717, 1.165) is 22.7 Å². The molecule has 0 aliphatic carbocycles. The number of anilines is 1. The number of carbonyl (C=O) groups excluding carboxylic acids is 2. The minimum absolute atomic E-state index is 0.0139. The van der Waals surface area contributed by atoms with E-state index < -0.39 is 28.5 Å². The number of rotatable bonds is 14. The highest BCUT2D eigenvalue weighted by molar-refractivity contribution is 7.92. The Morgan fingerprint density at radius 3 is 2.27 bits per heavy atom. The molecule has 40 heavy (non-hydrogen) atoms. The van der Waals surface area contributed by atoms with Crippen molar-refractivity contribution in [2.75, 3.05) is 24.5 Å². The fraction of sp³-hybridized carbons (Fsp3) is 0.333. The second kappa shape index (κ2) is 14.7. The number of hydrogen-bond acceptors (Lipinski definition) is 5. The zero-order valence-electron chi connectivity index (χ0n) is 23.0. The highest BCUT2D eigenvalue weighted by Gasteiger charge is 2.33. The van der Waals surface area contributed by atoms with E-state index in [1.807, 2.05) is 44.2 Å². The van der Waals surface area contributed by atoms with Crippen LogP contribution in [-0.2, 0) is 26.2 Å². The zero-order chi connectivity index (χ0) is 29.1. The number of amides is 2. The maximum atomic E-state index is 14.0. The van der Waals surface area contributed by atoms with Crippen LogP contribution in [0.3, 0.4) is 0 Å². The van der Waals surface area contributed by atoms with Crippen molar-refractivity contribution in [3.05, 3.63) is 89.4 Å². The van der Waals surface area contributed by atoms with Gasteiger partial charge in [-0.15, -0.1) is 0 Å². The van der Waals surface area contributed by atoms with Gasteiger partial charge in [-0.2, -0.15) is 0 Å². The normalized spacial score (nSPS) is 11.9. The van der Waals surface area contributed by atoms with Gasteiger partial charge in [0.25, 0.3) is 10.0 Å². The monoisotopic (exact) mass is 585 g/mol. The number of sulfonamides is 1. The number of ether oxygens (including phenoxy) is 1. The Balaban J connectivity index is 2.02. The first kappa shape index (κ1) is 31.0. The van der Waals surface area contributed by atoms with Crippen LogP contribution in [0.1, 0.15) is 38.7 Å². The lowest BCUT2D eigenvalue weighted by atomic mass is 10.1. The van der Waals surface area contributed by atoms with Gasteiger partial charge in [0.1, 0.15) is 18.3 Å². The van der Waals surface area contributed by atoms with Crippen LogP contribution in [0.4, 0.5) is 5.69 Å². The lowest BCUT2D eigenvalue weighted by Gasteiger charge is -2.33. The number of nitrogens with zero attached hydrogens (tertiary/aromatic N) is 2. The molecule has 0 saturated heterocycles. The first-order valence-corrected chi connectivity index (χ1v) is 15.1. The van der Waals surface area contributed by atoms with Gasteiger partial charge < -0.3 is 15.0 Å². The Bertz CT molecular complexity index is 1370. The molecule has 3 aromatic carbocycles. The van der Waals surface area contributed by atoms with Crippen molar-refractivity contribution in [1.29, 1.82) is 0 Å². The van der Waals surface area contributed by atoms with E-state index in [4.69, 9.17) is 16.3 Å². The quantitative estimate of drug-likeness (QED) is 0.260. The molecule has 1 atom stereocenters. The molecule has 10 heteroatoms. The van der Waals surface area contributed by atoms with Gasteiger partial charge in [-0.25, -0.2) is 8.42 Å². The average molecular weight is 586 g/mol. The molecule has 1 N–H and O–H groups in total. The maximum absolute atomic E-state index is 14.0. The molecule has 2 amide bonds. The van der Waals surface area contributed by atoms with E-state index in [-0.39, 0.29) is 23.0 Å². The molecule has 0 spiro atoms. The molecule has 0 aromatic heterocycles. The predicted molar refractivity (Wildman–Crippen MR) is 158 cm³/mol. The summed E-state index contributed by atoms with van der Waals surface area (Å²) >= 11 is 6.22. The average Bonchev–Trinajstić information content (AvgIpc) is 2.96. The summed E-state index contributed by atoms with van der Waals surface area (Å²) in [6.07, 6.45) is 2.10. The topological polar surface area (TPSA) is 96.0 Å². The minimum atomic E-state index is -4.20. The third-order valence-electron chi connectivity index (χ3n) is 6.43. The summed E-state index contributed by atoms with van der Waals surface area (Å²) in [5, 5.41) is 3.24. The molecule has 0 unspecified atom stereocenters. The molecule has 3 aromatic rings. The summed E-state index contributed by atoms with van der Waals surface area (Å²) in [5.74, 6) is -0.288. The predicted octanol–water partition coefficient (Wildman–Crippen LogP) is 5.27. The van der Waals surface area contributed by atoms with Gasteiger partial charge in [-0.05, 0) is 60.9 Å². The summed E-state index contributed by atoms with van der Waals surface area (Å²) in [7, 11) is -2.71. The summed E-state index contributed by atoms with van der Waals surface area (Å²) in [6, 6.07) is 20.8. The standard InChI is InChI=1S/C30H36ClN3O5S/c1-4-6-19-32-30(36)28(5-2)33(21-23-11-8-7-9-12-23)29(35)22-34(25-14-10-13-24(31)20-25)40(37,38)27-17-15-26(39-3)16-18-27/h7-18,20,28H,4-6,19,21-22H2,1-3H3,(H,32,36)/t28-/m0/s1. The van der Waals surface area contributed by atoms with Crippen LogP contribution in [-0.4, -0.2) is 51.4 Å². The number of unbranched alkanes of at least 4 members (excludes halogenated alkanes) is 1. The zero-order valence-corrected chi connectivity index (χ0v) is 24.6. The van der Waals surface area contributed by atoms with Gasteiger partial charge in [-0.1, -0.05) is 68.3 Å². The lowest BCUT2D eigenvalue weighted by molar-refractivity contribution is -0.140. The number of hydrogen-bond donors (Lipinski definition) is 1. The van der Waals surface area contributed by atoms with E-state index in [1.54, 1.807) is 30.3 Å². The van der Waals surface area contributed by atoms with Crippen molar-refractivity contribution in [3.63, 3.8) is 0 Å². The van der Waals surface area contributed by atoms with Gasteiger partial charge in [0.15, 0.2) is 0 Å². The number of nitrogens with one attached hydrogen (secondary N) is 1. The highest BCUT2D eigenvalue weighted by Crippen LogP contribution is 2.28. The van der Waals surface area contributed by atoms with Crippen molar-refractivity contribution >= 4 is 39.1 Å². The van der Waals surface area contributed by atoms with Crippen LogP contribution in [0.5, 0.6) is 5.75 Å². The number of methoxy groups -OCH3 is 1. The van der Waals surface area contributed by atoms with Gasteiger partial charge >= 0.3 is 0 Å². The molecular weight excluding hydrogens is 550 g/mol. The van der Waals surface area contributed by atoms with E-state index in [0.29, 0.717) is 23.7 Å². The van der Waals surface area contributed by atoms with Crippen LogP contribution in [0.25, 0.3) is 0 Å². The Hall–Kier alpha value is -3.56. The highest BCUT2D eigenvalue weighted by atomic mass is 35.5. The number of halogens is 1. The van der Waals surface area contributed by atoms with Crippen LogP contribution in [0.2, 0.25) is 5.02 Å². The summed E-state index contributed by atoms with van der Waals surface area (Å²) in [5.41, 5.74) is 1.06. The molecule has 0 aliphatic heterocycles. The fourth-order valence-electron chi connectivity index (χ4n) is 4.24. The molecule has 3 rings (SSSR count). The van der Waals surface area contributed by atoms with Gasteiger partial charge in [0, 0.05) is 18.1 Å². The molecule has 214 valence electrons. The number of benzene rings is 3. The van der Waals surface area contributed by atoms with Gasteiger partial charge in [0.05, 0.1) is 17.7 Å². The van der Waals surface area contributed by atoms with E-state index in [1.165, 1.54) is 30.2 Å². The van der Waals surface area contributed by atoms with Crippen molar-refractivity contribution in [1.82, 2.24) is 10.2 Å². The van der Waals surface area contributed by atoms with Crippen LogP contribution < -0.4 is 14.4 Å². The van der Waals surface area contributed by atoms with Crippen LogP contribution in [0.15, 0.2) is 83.8 Å². The molecule has 0 bridgehead atoms. The van der Waals surface area contributed by atoms with Crippen LogP contribution >= 0.6 is 11.6 Å². The summed E-state index contributed by atoms with van der Waals surface area (Å²) in [6.45, 7) is 3.98. The second-order valence-electron chi connectivity index (χ2n) is 9.24. The minimum Gasteiger partial charge on any atom is -0.497 e. The Morgan fingerprint density at radius 2 is 1.68 bits per heavy atom. The third kappa shape index (κ3) is 7.99. The molecule has 0 heterocycles. The van der Waals surface area contributed by atoms with Gasteiger partial charge in [0.2, 0.25) is 11.8 Å². The Kier molecular flexibility index (Phi) is 11.4. The first-order chi connectivity index (χ1) is 19.2. The first-order valence-electron chi connectivity index (χ1n) is 13.2. The van der Waals surface area contributed by atoms with Crippen molar-refractivity contribution < 1.29 is 22.7 Å². The van der Waals surface area contributed by atoms with E-state index >= 15 is 0 Å². The fourth-order valence-corrected chi connectivity index (χ4v) is 5.83. The summed E-state index contributed by atoms with van der Waals surface area (Å²) in [4.78, 5) is 28.7. The summed E-state index contributed by atoms with van der Waals surface area (Å²) < 4.78 is 34.0. The lowest BCUT2D eigenvalue weighted by Crippen LogP contribution is -2.52. The Labute approximate surface area is 241 Å². The van der Waals surface area contributed by atoms with E-state index in [2.05, 4.69) is 5.32 Å². The largest absolute Gasteiger partial charge is 0.497 e. The van der Waals surface area contributed by atoms with Crippen LogP contribution in [0, 0.1) is 0 Å². The smallest absolute Gasteiger partial charge is 0.264 e. The molecular formula is C30H36ClN3O5S. The van der Waals surface area contributed by atoms with Crippen molar-refractivity contribution in [2.45, 2.75) is 50.6 Å². The molecule has 8 nitrogen and oxygen atoms in total. The van der Waals surface area contributed by atoms with Crippen molar-refractivity contribution in [3.8, 4) is 5.75 Å². The molecule has 0 saturated carbocycles. The molecule has 0 radical (unpaired) electrons. The van der Waals surface area contributed by atoms with E-state index in [9.17, 15) is 18.0 Å². The third-order valence-corrected chi connectivity index (χ3v) is 8.46. The molecule has 0 aliphatic rings. The molecule has 0 fully saturated rings. The Morgan fingerprint density at radius 1 is 0.975 bits per heavy atom. The van der Waals surface area contributed by atoms with Gasteiger partial charge in [-0.3, -0.25) is 13.9 Å². The van der Waals surface area contributed by atoms with Crippen molar-refractivity contribution in [2.24, 2.45) is 0 Å². The maximum Gasteiger partial charge on any atom is 0.264 e. The SMILES string of the molecule is CCCCNC(=O)[C@H](CC)N(Cc1ccccc1)C(=O)CN(c1cccc(Cl)c1)S(=O)(=O)c1ccc(OC)cc1.